The molecule has 0 radical (unpaired) electrons. The number of fused-ring (bicyclic) bond motifs is 4. The van der Waals surface area contributed by atoms with E-state index in [9.17, 15) is 39.4 Å². The Bertz CT molecular complexity index is 1680. The van der Waals surface area contributed by atoms with E-state index in [2.05, 4.69) is 25.9 Å². The second kappa shape index (κ2) is 16.9. The fourth-order valence-corrected chi connectivity index (χ4v) is 6.93. The van der Waals surface area contributed by atoms with E-state index in [0.29, 0.717) is 25.1 Å². The lowest BCUT2D eigenvalue weighted by molar-refractivity contribution is -0.389. The number of carbonyl (C=O) groups excluding carboxylic acids is 4. The third-order valence-corrected chi connectivity index (χ3v) is 9.37. The topological polar surface area (TPSA) is 209 Å². The quantitative estimate of drug-likeness (QED) is 0.233. The zero-order valence-electron chi connectivity index (χ0n) is 30.7. The van der Waals surface area contributed by atoms with Gasteiger partial charge in [-0.2, -0.15) is 0 Å². The Hall–Kier alpha value is -4.74. The Kier molecular flexibility index (Phi) is 13.1. The number of ketones is 1. The maximum absolute atomic E-state index is 12.7. The minimum absolute atomic E-state index is 0.0739. The first kappa shape index (κ1) is 41.0. The van der Waals surface area contributed by atoms with Gasteiger partial charge in [0.05, 0.1) is 16.2 Å². The molecule has 18 heteroatoms. The molecular weight excluding hydrogens is 758 g/mol. The molecule has 0 saturated carbocycles. The number of halogens is 1. The van der Waals surface area contributed by atoms with Crippen LogP contribution < -0.4 is 4.90 Å². The van der Waals surface area contributed by atoms with Gasteiger partial charge in [0.1, 0.15) is 17.0 Å². The van der Waals surface area contributed by atoms with E-state index in [0.717, 1.165) is 36.6 Å². The zero-order valence-corrected chi connectivity index (χ0v) is 32.3. The molecule has 4 fully saturated rings. The van der Waals surface area contributed by atoms with Gasteiger partial charge in [-0.05, 0) is 122 Å². The van der Waals surface area contributed by atoms with Gasteiger partial charge in [0.25, 0.3) is 0 Å². The predicted octanol–water partition coefficient (Wildman–Crippen LogP) is 6.75. The average molecular weight is 805 g/mol. The monoisotopic (exact) mass is 803 g/mol. The van der Waals surface area contributed by atoms with Gasteiger partial charge < -0.3 is 39.5 Å². The third kappa shape index (κ3) is 11.4. The molecule has 0 aromatic carbocycles. The lowest BCUT2D eigenvalue weighted by atomic mass is 10.0. The Morgan fingerprint density at radius 2 is 1.23 bits per heavy atom. The smallest absolute Gasteiger partial charge is 0.410 e. The Balaban J connectivity index is 0.000000198. The summed E-state index contributed by atoms with van der Waals surface area (Å²) in [6.07, 6.45) is 7.69. The Morgan fingerprint density at radius 3 is 1.72 bits per heavy atom. The van der Waals surface area contributed by atoms with Crippen molar-refractivity contribution in [3.05, 3.63) is 61.4 Å². The van der Waals surface area contributed by atoms with Crippen molar-refractivity contribution in [3.63, 3.8) is 0 Å². The van der Waals surface area contributed by atoms with E-state index >= 15 is 0 Å². The molecule has 4 saturated heterocycles. The molecule has 4 unspecified atom stereocenters. The molecular formula is C35H46BrN7O10. The van der Waals surface area contributed by atoms with Gasteiger partial charge in [0, 0.05) is 56.1 Å². The molecule has 0 spiro atoms. The first-order valence-electron chi connectivity index (χ1n) is 17.4. The van der Waals surface area contributed by atoms with Gasteiger partial charge in [-0.1, -0.05) is 0 Å². The largest absolute Gasteiger partial charge is 0.444 e. The first-order valence-corrected chi connectivity index (χ1v) is 18.2. The number of rotatable bonds is 3. The van der Waals surface area contributed by atoms with Crippen LogP contribution in [0.15, 0.2) is 41.1 Å². The van der Waals surface area contributed by atoms with E-state index in [1.54, 1.807) is 15.9 Å². The molecule has 288 valence electrons. The molecule has 4 atom stereocenters. The van der Waals surface area contributed by atoms with Crippen molar-refractivity contribution in [2.24, 2.45) is 0 Å². The molecule has 2 aromatic heterocycles. The second-order valence-corrected chi connectivity index (χ2v) is 16.2. The number of aromatic nitrogens is 2. The van der Waals surface area contributed by atoms with Crippen molar-refractivity contribution < 1.29 is 38.5 Å². The summed E-state index contributed by atoms with van der Waals surface area (Å²) < 4.78 is 11.7. The number of nitrogens with zero attached hydrogens (tertiary/aromatic N) is 7. The van der Waals surface area contributed by atoms with E-state index in [4.69, 9.17) is 9.47 Å². The van der Waals surface area contributed by atoms with Gasteiger partial charge in [0.15, 0.2) is 12.4 Å². The van der Waals surface area contributed by atoms with E-state index in [-0.39, 0.29) is 60.0 Å². The summed E-state index contributed by atoms with van der Waals surface area (Å²) in [5.74, 6) is -0.247. The summed E-state index contributed by atoms with van der Waals surface area (Å²) in [4.78, 5) is 81.0. The number of hydrogen-bond acceptors (Lipinski definition) is 12. The molecule has 4 bridgehead atoms. The summed E-state index contributed by atoms with van der Waals surface area (Å²) in [7, 11) is 0. The number of Topliss-reactive ketones (excluding diaryl/α,β-unsaturated/α-hetero) is 1. The fraction of sp³-hybridized carbons (Fsp3) is 0.600. The normalized spacial score (nSPS) is 22.4. The van der Waals surface area contributed by atoms with Crippen molar-refractivity contribution in [2.75, 3.05) is 11.4 Å². The highest BCUT2D eigenvalue weighted by Crippen LogP contribution is 2.35. The van der Waals surface area contributed by atoms with Crippen LogP contribution >= 0.6 is 15.9 Å². The predicted molar refractivity (Wildman–Crippen MR) is 195 cm³/mol. The molecule has 53 heavy (non-hydrogen) atoms. The third-order valence-electron chi connectivity index (χ3n) is 8.90. The summed E-state index contributed by atoms with van der Waals surface area (Å²) in [5, 5.41) is 20.8. The number of ether oxygens (including phenoxy) is 2. The number of carbonyl (C=O) groups is 4. The number of amides is 3. The summed E-state index contributed by atoms with van der Waals surface area (Å²) >= 11 is 3.11. The van der Waals surface area contributed by atoms with E-state index in [1.807, 2.05) is 46.4 Å². The molecule has 0 N–H and O–H groups in total. The molecule has 4 aliphatic rings. The minimum Gasteiger partial charge on any atom is -0.444 e. The summed E-state index contributed by atoms with van der Waals surface area (Å²) in [6, 6.07) is 5.66. The van der Waals surface area contributed by atoms with Crippen LogP contribution in [0.25, 0.3) is 0 Å². The molecule has 6 rings (SSSR count). The molecule has 17 nitrogen and oxygen atoms in total. The molecule has 0 aliphatic carbocycles. The van der Waals surface area contributed by atoms with E-state index < -0.39 is 27.1 Å². The number of nitro groups is 2. The Morgan fingerprint density at radius 1 is 0.736 bits per heavy atom. The van der Waals surface area contributed by atoms with Crippen LogP contribution in [-0.4, -0.2) is 95.4 Å². The van der Waals surface area contributed by atoms with Crippen LogP contribution in [0.4, 0.5) is 26.9 Å². The van der Waals surface area contributed by atoms with Crippen molar-refractivity contribution in [3.8, 4) is 0 Å². The standard InChI is InChI=1S/C17H22N4O5.C13H21NO3.C5H3BrN2O2/c1-17(2,3)26-16(23)20-11-4-5-13(20)10-19(15(22)8-11)12-6-7-14(18-9-12)21(24)25;1-13(2,3)17-12(16)14-9-4-5-10(14)8-11(15)7-6-9;6-4-1-2-5(7-3-4)8(9)10/h6-7,9,11,13H,4-5,8,10H2,1-3H3;9-10H,4-8H2,1-3H3;1-3H. The fourth-order valence-electron chi connectivity index (χ4n) is 6.70. The number of hydrogen-bond donors (Lipinski definition) is 0. The second-order valence-electron chi connectivity index (χ2n) is 15.3. The lowest BCUT2D eigenvalue weighted by Gasteiger charge is -2.31. The van der Waals surface area contributed by atoms with Gasteiger partial charge in [-0.25, -0.2) is 9.59 Å². The number of anilines is 1. The summed E-state index contributed by atoms with van der Waals surface area (Å²) in [6.45, 7) is 11.4. The minimum atomic E-state index is -0.602. The Labute approximate surface area is 315 Å². The van der Waals surface area contributed by atoms with Crippen LogP contribution in [0.2, 0.25) is 0 Å². The average Bonchev–Trinajstić information content (AvgIpc) is 3.55. The first-order chi connectivity index (χ1) is 24.7. The highest BCUT2D eigenvalue weighted by atomic mass is 79.9. The molecule has 3 amide bonds. The summed E-state index contributed by atoms with van der Waals surface area (Å²) in [5.41, 5.74) is -0.570. The van der Waals surface area contributed by atoms with E-state index in [1.165, 1.54) is 30.6 Å². The maximum Gasteiger partial charge on any atom is 0.410 e. The zero-order chi connectivity index (χ0) is 39.2. The van der Waals surface area contributed by atoms with Crippen molar-refractivity contribution >= 4 is 57.1 Å². The van der Waals surface area contributed by atoms with Crippen LogP contribution in [0.5, 0.6) is 0 Å². The maximum atomic E-state index is 12.7. The van der Waals surface area contributed by atoms with Crippen LogP contribution in [0.1, 0.15) is 92.9 Å². The SMILES string of the molecule is CC(C)(C)OC(=O)N1C2CCC(=O)CC1CC2.CC(C)(C)OC(=O)N1C2CCC1CN(c1ccc([N+](=O)[O-])nc1)C(=O)C2.O=[N+]([O-])c1ccc(Br)cn1. The molecule has 4 aliphatic heterocycles. The van der Waals surface area contributed by atoms with Crippen molar-refractivity contribution in [1.29, 1.82) is 0 Å². The highest BCUT2D eigenvalue weighted by Gasteiger charge is 2.45. The highest BCUT2D eigenvalue weighted by molar-refractivity contribution is 9.10. The van der Waals surface area contributed by atoms with Gasteiger partial charge in [0.2, 0.25) is 5.91 Å². The van der Waals surface area contributed by atoms with Crippen LogP contribution in [0, 0.1) is 20.2 Å². The van der Waals surface area contributed by atoms with Crippen LogP contribution in [0.3, 0.4) is 0 Å². The molecule has 2 aromatic rings. The lowest BCUT2D eigenvalue weighted by Crippen LogP contribution is -2.45. The van der Waals surface area contributed by atoms with Crippen molar-refractivity contribution in [1.82, 2.24) is 19.8 Å². The van der Waals surface area contributed by atoms with Gasteiger partial charge >= 0.3 is 23.8 Å². The van der Waals surface area contributed by atoms with Gasteiger partial charge in [-0.3, -0.25) is 14.5 Å². The number of pyridine rings is 2. The molecule has 6 heterocycles. The van der Waals surface area contributed by atoms with Crippen LogP contribution in [-0.2, 0) is 19.1 Å². The van der Waals surface area contributed by atoms with Gasteiger partial charge in [-0.15, -0.1) is 0 Å². The van der Waals surface area contributed by atoms with Crippen molar-refractivity contribution in [2.45, 2.75) is 128 Å².